The molecule has 1 aliphatic heterocycles. The number of anilines is 1. The second-order valence-corrected chi connectivity index (χ2v) is 6.17. The van der Waals surface area contributed by atoms with Gasteiger partial charge in [-0.1, -0.05) is 18.2 Å². The first kappa shape index (κ1) is 20.0. The molecule has 0 atom stereocenters. The van der Waals surface area contributed by atoms with Crippen LogP contribution < -0.4 is 11.1 Å². The maximum absolute atomic E-state index is 14.3. The zero-order valence-electron chi connectivity index (χ0n) is 15.0. The fourth-order valence-corrected chi connectivity index (χ4v) is 2.93. The first-order valence-electron chi connectivity index (χ1n) is 8.55. The molecule has 150 valence electrons. The third-order valence-electron chi connectivity index (χ3n) is 4.13. The van der Waals surface area contributed by atoms with Gasteiger partial charge in [0.15, 0.2) is 6.29 Å². The van der Waals surface area contributed by atoms with Crippen molar-refractivity contribution in [3.05, 3.63) is 52.2 Å². The highest BCUT2D eigenvalue weighted by Crippen LogP contribution is 2.32. The molecule has 0 saturated carbocycles. The third kappa shape index (κ3) is 4.39. The Morgan fingerprint density at radius 2 is 2.04 bits per heavy atom. The Morgan fingerprint density at radius 1 is 1.32 bits per heavy atom. The van der Waals surface area contributed by atoms with Gasteiger partial charge in [-0.3, -0.25) is 4.79 Å². The van der Waals surface area contributed by atoms with Gasteiger partial charge in [0.2, 0.25) is 5.91 Å². The summed E-state index contributed by atoms with van der Waals surface area (Å²) in [5.41, 5.74) is 5.39. The summed E-state index contributed by atoms with van der Waals surface area (Å²) in [5.74, 6) is -0.971. The highest BCUT2D eigenvalue weighted by molar-refractivity contribution is 5.77. The van der Waals surface area contributed by atoms with E-state index in [0.717, 1.165) is 6.07 Å². The number of carbonyl (C=O) groups is 1. The van der Waals surface area contributed by atoms with Gasteiger partial charge in [0, 0.05) is 12.1 Å². The average molecular weight is 396 g/mol. The lowest BCUT2D eigenvalue weighted by atomic mass is 10.1. The lowest BCUT2D eigenvalue weighted by Crippen LogP contribution is -2.20. The number of halogens is 3. The van der Waals surface area contributed by atoms with Crippen LogP contribution in [0.5, 0.6) is 0 Å². The fraction of sp³-hybridized carbons (Fsp3) is 0.389. The van der Waals surface area contributed by atoms with E-state index in [1.165, 1.54) is 12.1 Å². The van der Waals surface area contributed by atoms with Gasteiger partial charge >= 0.3 is 0 Å². The number of aromatic nitrogens is 2. The van der Waals surface area contributed by atoms with Crippen molar-refractivity contribution in [3.63, 3.8) is 0 Å². The number of amides is 1. The summed E-state index contributed by atoms with van der Waals surface area (Å²) < 4.78 is 51.1. The van der Waals surface area contributed by atoms with Crippen LogP contribution in [0, 0.1) is 12.7 Å². The minimum atomic E-state index is -2.92. The van der Waals surface area contributed by atoms with Gasteiger partial charge in [0.1, 0.15) is 17.5 Å². The molecule has 0 unspecified atom stereocenters. The standard InChI is InChI=1S/C18H19F3N4O3/c1-9-24-12(7-13(22)26)14(18-27-5-6-28-18)17(25-9)23-8-10-3-2-4-11(15(10)19)16(20)21/h2-4,16,18H,5-8H2,1H3,(H2,22,26)(H,23,24,25). The highest BCUT2D eigenvalue weighted by atomic mass is 19.3. The van der Waals surface area contributed by atoms with Crippen LogP contribution in [0.2, 0.25) is 0 Å². The first-order chi connectivity index (χ1) is 13.4. The summed E-state index contributed by atoms with van der Waals surface area (Å²) in [6, 6.07) is 3.79. The van der Waals surface area contributed by atoms with Gasteiger partial charge in [-0.05, 0) is 6.92 Å². The number of hydrogen-bond donors (Lipinski definition) is 2. The minimum absolute atomic E-state index is 0.0460. The Labute approximate surface area is 159 Å². The molecule has 1 aromatic heterocycles. The van der Waals surface area contributed by atoms with Crippen molar-refractivity contribution in [2.45, 2.75) is 32.6 Å². The van der Waals surface area contributed by atoms with Gasteiger partial charge in [0.25, 0.3) is 6.43 Å². The molecular formula is C18H19F3N4O3. The van der Waals surface area contributed by atoms with E-state index in [1.807, 2.05) is 0 Å². The molecule has 10 heteroatoms. The molecular weight excluding hydrogens is 377 g/mol. The second kappa shape index (κ2) is 8.53. The van der Waals surface area contributed by atoms with Crippen LogP contribution in [0.4, 0.5) is 19.0 Å². The molecule has 1 saturated heterocycles. The number of nitrogens with zero attached hydrogens (tertiary/aromatic N) is 2. The van der Waals surface area contributed by atoms with Crippen LogP contribution in [0.3, 0.4) is 0 Å². The Bertz CT molecular complexity index is 873. The van der Waals surface area contributed by atoms with Crippen LogP contribution in [0.25, 0.3) is 0 Å². The van der Waals surface area contributed by atoms with E-state index in [9.17, 15) is 18.0 Å². The van der Waals surface area contributed by atoms with Gasteiger partial charge < -0.3 is 20.5 Å². The SMILES string of the molecule is Cc1nc(CC(N)=O)c(C2OCCO2)c(NCc2cccc(C(F)F)c2F)n1. The van der Waals surface area contributed by atoms with Crippen LogP contribution in [0.1, 0.15) is 40.9 Å². The summed E-state index contributed by atoms with van der Waals surface area (Å²) in [6.07, 6.45) is -3.89. The fourth-order valence-electron chi connectivity index (χ4n) is 2.93. The lowest BCUT2D eigenvalue weighted by molar-refractivity contribution is -0.117. The number of ether oxygens (including phenoxy) is 2. The van der Waals surface area contributed by atoms with Crippen LogP contribution in [-0.4, -0.2) is 29.1 Å². The molecule has 0 aliphatic carbocycles. The molecule has 2 aromatic rings. The van der Waals surface area contributed by atoms with E-state index in [-0.39, 0.29) is 24.3 Å². The zero-order chi connectivity index (χ0) is 20.3. The average Bonchev–Trinajstić information content (AvgIpc) is 3.13. The lowest BCUT2D eigenvalue weighted by Gasteiger charge is -2.19. The van der Waals surface area contributed by atoms with Crippen LogP contribution in [-0.2, 0) is 27.2 Å². The molecule has 3 rings (SSSR count). The molecule has 2 heterocycles. The number of alkyl halides is 2. The minimum Gasteiger partial charge on any atom is -0.369 e. The van der Waals surface area contributed by atoms with Gasteiger partial charge in [0.05, 0.1) is 36.5 Å². The number of rotatable bonds is 7. The van der Waals surface area contributed by atoms with Crippen LogP contribution in [0.15, 0.2) is 18.2 Å². The van der Waals surface area contributed by atoms with E-state index in [2.05, 4.69) is 15.3 Å². The number of hydrogen-bond acceptors (Lipinski definition) is 6. The van der Waals surface area contributed by atoms with Crippen molar-refractivity contribution in [1.82, 2.24) is 9.97 Å². The number of primary amides is 1. The van der Waals surface area contributed by atoms with Gasteiger partial charge in [-0.25, -0.2) is 23.1 Å². The Kier molecular flexibility index (Phi) is 6.10. The van der Waals surface area contributed by atoms with Crippen molar-refractivity contribution in [3.8, 4) is 0 Å². The highest BCUT2D eigenvalue weighted by Gasteiger charge is 2.28. The Balaban J connectivity index is 1.94. The molecule has 7 nitrogen and oxygen atoms in total. The zero-order valence-corrected chi connectivity index (χ0v) is 15.0. The normalized spacial score (nSPS) is 14.6. The molecule has 1 fully saturated rings. The van der Waals surface area contributed by atoms with Crippen LogP contribution >= 0.6 is 0 Å². The third-order valence-corrected chi connectivity index (χ3v) is 4.13. The predicted molar refractivity (Wildman–Crippen MR) is 93.0 cm³/mol. The summed E-state index contributed by atoms with van der Waals surface area (Å²) in [4.78, 5) is 19.9. The maximum atomic E-state index is 14.3. The summed E-state index contributed by atoms with van der Waals surface area (Å²) in [5, 5.41) is 2.92. The predicted octanol–water partition coefficient (Wildman–Crippen LogP) is 2.55. The van der Waals surface area contributed by atoms with E-state index in [0.29, 0.717) is 30.3 Å². The summed E-state index contributed by atoms with van der Waals surface area (Å²) in [6.45, 7) is 2.20. The smallest absolute Gasteiger partial charge is 0.266 e. The molecule has 0 bridgehead atoms. The number of nitrogens with two attached hydrogens (primary N) is 1. The van der Waals surface area contributed by atoms with Gasteiger partial charge in [-0.2, -0.15) is 0 Å². The van der Waals surface area contributed by atoms with E-state index < -0.39 is 30.0 Å². The topological polar surface area (TPSA) is 99.4 Å². The summed E-state index contributed by atoms with van der Waals surface area (Å²) >= 11 is 0. The number of nitrogens with one attached hydrogen (secondary N) is 1. The van der Waals surface area contributed by atoms with E-state index in [1.54, 1.807) is 6.92 Å². The Hall–Kier alpha value is -2.72. The van der Waals surface area contributed by atoms with Crippen molar-refractivity contribution in [1.29, 1.82) is 0 Å². The Morgan fingerprint density at radius 3 is 2.68 bits per heavy atom. The molecule has 3 N–H and O–H groups in total. The quantitative estimate of drug-likeness (QED) is 0.746. The van der Waals surface area contributed by atoms with Crippen molar-refractivity contribution >= 4 is 11.7 Å². The van der Waals surface area contributed by atoms with E-state index in [4.69, 9.17) is 15.2 Å². The van der Waals surface area contributed by atoms with E-state index >= 15 is 0 Å². The molecule has 1 aliphatic rings. The maximum Gasteiger partial charge on any atom is 0.266 e. The molecule has 0 radical (unpaired) electrons. The van der Waals surface area contributed by atoms with Gasteiger partial charge in [-0.15, -0.1) is 0 Å². The second-order valence-electron chi connectivity index (χ2n) is 6.17. The molecule has 1 aromatic carbocycles. The molecule has 0 spiro atoms. The first-order valence-corrected chi connectivity index (χ1v) is 8.55. The number of carbonyl (C=O) groups excluding carboxylic acids is 1. The van der Waals surface area contributed by atoms with Crippen molar-refractivity contribution < 1.29 is 27.4 Å². The molecule has 1 amide bonds. The summed E-state index contributed by atoms with van der Waals surface area (Å²) in [7, 11) is 0. The monoisotopic (exact) mass is 396 g/mol. The number of aryl methyl sites for hydroxylation is 1. The molecule has 28 heavy (non-hydrogen) atoms. The van der Waals surface area contributed by atoms with Crippen molar-refractivity contribution in [2.75, 3.05) is 18.5 Å². The number of benzene rings is 1. The largest absolute Gasteiger partial charge is 0.369 e. The van der Waals surface area contributed by atoms with Crippen molar-refractivity contribution in [2.24, 2.45) is 5.73 Å².